The summed E-state index contributed by atoms with van der Waals surface area (Å²) in [6.07, 6.45) is 0.731. The Hall–Kier alpha value is -1.10. The van der Waals surface area contributed by atoms with Crippen LogP contribution in [-0.4, -0.2) is 49.9 Å². The summed E-state index contributed by atoms with van der Waals surface area (Å²) in [4.78, 5) is 25.3. The predicted molar refractivity (Wildman–Crippen MR) is 61.9 cm³/mol. The fourth-order valence-corrected chi connectivity index (χ4v) is 2.03. The van der Waals surface area contributed by atoms with E-state index in [9.17, 15) is 9.59 Å². The molecule has 0 spiro atoms. The molecule has 16 heavy (non-hydrogen) atoms. The van der Waals surface area contributed by atoms with Gasteiger partial charge in [0.05, 0.1) is 11.5 Å². The molecule has 1 fully saturated rings. The Kier molecular flexibility index (Phi) is 3.91. The van der Waals surface area contributed by atoms with Crippen molar-refractivity contribution in [2.24, 2.45) is 5.41 Å². The molecule has 0 aromatic carbocycles. The van der Waals surface area contributed by atoms with Crippen molar-refractivity contribution < 1.29 is 9.59 Å². The number of likely N-dealkylation sites (tertiary alicyclic amines) is 1. The molecule has 0 radical (unpaired) electrons. The number of hydrogen-bond acceptors (Lipinski definition) is 3. The van der Waals surface area contributed by atoms with Gasteiger partial charge in [0.15, 0.2) is 0 Å². The fraction of sp³-hybridized carbons (Fsp3) is 0.818. The molecule has 0 saturated carbocycles. The van der Waals surface area contributed by atoms with Crippen molar-refractivity contribution in [1.82, 2.24) is 15.5 Å². The van der Waals surface area contributed by atoms with Gasteiger partial charge in [-0.15, -0.1) is 0 Å². The number of carbonyl (C=O) groups is 2. The topological polar surface area (TPSA) is 61.4 Å². The zero-order valence-corrected chi connectivity index (χ0v) is 10.5. The normalized spacial score (nSPS) is 26.6. The lowest BCUT2D eigenvalue weighted by atomic mass is 9.89. The highest BCUT2D eigenvalue weighted by Crippen LogP contribution is 2.30. The second-order valence-electron chi connectivity index (χ2n) is 4.66. The monoisotopic (exact) mass is 227 g/mol. The highest BCUT2D eigenvalue weighted by atomic mass is 16.2. The molecule has 0 aromatic rings. The molecular formula is C11H21N3O2. The Morgan fingerprint density at radius 1 is 1.38 bits per heavy atom. The van der Waals surface area contributed by atoms with E-state index in [1.165, 1.54) is 0 Å². The molecule has 2 unspecified atom stereocenters. The number of nitrogens with one attached hydrogen (secondary N) is 2. The first kappa shape index (κ1) is 13.0. The second kappa shape index (κ2) is 4.82. The number of nitrogens with zero attached hydrogens (tertiary/aromatic N) is 1. The number of carbonyl (C=O) groups excluding carboxylic acids is 2. The van der Waals surface area contributed by atoms with Crippen LogP contribution in [0.25, 0.3) is 0 Å². The van der Waals surface area contributed by atoms with Crippen LogP contribution in [0.3, 0.4) is 0 Å². The summed E-state index contributed by atoms with van der Waals surface area (Å²) < 4.78 is 0. The van der Waals surface area contributed by atoms with E-state index in [1.807, 2.05) is 13.8 Å². The summed E-state index contributed by atoms with van der Waals surface area (Å²) in [5, 5.41) is 5.58. The molecule has 5 heteroatoms. The van der Waals surface area contributed by atoms with E-state index in [1.54, 1.807) is 19.0 Å². The van der Waals surface area contributed by atoms with Crippen molar-refractivity contribution in [3.05, 3.63) is 0 Å². The molecule has 2 atom stereocenters. The number of amides is 2. The molecular weight excluding hydrogens is 206 g/mol. The first-order chi connectivity index (χ1) is 7.44. The fourth-order valence-electron chi connectivity index (χ4n) is 2.03. The molecule has 2 N–H and O–H groups in total. The van der Waals surface area contributed by atoms with E-state index in [-0.39, 0.29) is 17.9 Å². The van der Waals surface area contributed by atoms with Gasteiger partial charge in [-0.1, -0.05) is 0 Å². The summed E-state index contributed by atoms with van der Waals surface area (Å²) in [7, 11) is 3.39. The van der Waals surface area contributed by atoms with Gasteiger partial charge in [0, 0.05) is 20.1 Å². The standard InChI is InChI=1S/C11H21N3O2/c1-8(12-3)9(15)14-6-5-11(2,7-14)10(16)13-4/h8,12H,5-7H2,1-4H3,(H,13,16). The van der Waals surface area contributed by atoms with E-state index < -0.39 is 5.41 Å². The van der Waals surface area contributed by atoms with Crippen molar-refractivity contribution in [2.75, 3.05) is 27.2 Å². The second-order valence-corrected chi connectivity index (χ2v) is 4.66. The SMILES string of the molecule is CNC(=O)C1(C)CCN(C(=O)C(C)NC)C1. The van der Waals surface area contributed by atoms with Gasteiger partial charge in [0.25, 0.3) is 0 Å². The molecule has 5 nitrogen and oxygen atoms in total. The zero-order chi connectivity index (χ0) is 12.3. The molecule has 92 valence electrons. The molecule has 0 aromatic heterocycles. The van der Waals surface area contributed by atoms with Crippen molar-refractivity contribution in [3.63, 3.8) is 0 Å². The van der Waals surface area contributed by atoms with Gasteiger partial charge < -0.3 is 15.5 Å². The molecule has 0 aliphatic carbocycles. The van der Waals surface area contributed by atoms with Crippen LogP contribution < -0.4 is 10.6 Å². The first-order valence-corrected chi connectivity index (χ1v) is 5.63. The van der Waals surface area contributed by atoms with Crippen LogP contribution in [0.15, 0.2) is 0 Å². The lowest BCUT2D eigenvalue weighted by Crippen LogP contribution is -2.45. The number of rotatable bonds is 3. The number of likely N-dealkylation sites (N-methyl/N-ethyl adjacent to an activating group) is 1. The Morgan fingerprint density at radius 2 is 2.00 bits per heavy atom. The third-order valence-corrected chi connectivity index (χ3v) is 3.36. The van der Waals surface area contributed by atoms with Gasteiger partial charge >= 0.3 is 0 Å². The van der Waals surface area contributed by atoms with Crippen LogP contribution in [0.5, 0.6) is 0 Å². The summed E-state index contributed by atoms with van der Waals surface area (Å²) in [6, 6.07) is -0.188. The van der Waals surface area contributed by atoms with Crippen LogP contribution in [0, 0.1) is 5.41 Å². The quantitative estimate of drug-likeness (QED) is 0.688. The van der Waals surface area contributed by atoms with Gasteiger partial charge in [0.2, 0.25) is 11.8 Å². The largest absolute Gasteiger partial charge is 0.359 e. The Morgan fingerprint density at radius 3 is 2.50 bits per heavy atom. The van der Waals surface area contributed by atoms with Crippen LogP contribution in [0.2, 0.25) is 0 Å². The highest BCUT2D eigenvalue weighted by Gasteiger charge is 2.41. The van der Waals surface area contributed by atoms with E-state index in [0.29, 0.717) is 13.1 Å². The maximum Gasteiger partial charge on any atom is 0.239 e. The summed E-state index contributed by atoms with van der Waals surface area (Å²) in [5.74, 6) is 0.0787. The zero-order valence-electron chi connectivity index (χ0n) is 10.5. The van der Waals surface area contributed by atoms with Crippen molar-refractivity contribution in [2.45, 2.75) is 26.3 Å². The minimum atomic E-state index is -0.433. The smallest absolute Gasteiger partial charge is 0.239 e. The summed E-state index contributed by atoms with van der Waals surface area (Å²) >= 11 is 0. The average Bonchev–Trinajstić information content (AvgIpc) is 2.70. The van der Waals surface area contributed by atoms with Crippen molar-refractivity contribution >= 4 is 11.8 Å². The highest BCUT2D eigenvalue weighted by molar-refractivity contribution is 5.86. The van der Waals surface area contributed by atoms with Crippen molar-refractivity contribution in [1.29, 1.82) is 0 Å². The van der Waals surface area contributed by atoms with Gasteiger partial charge in [0.1, 0.15) is 0 Å². The van der Waals surface area contributed by atoms with Gasteiger partial charge in [-0.25, -0.2) is 0 Å². The van der Waals surface area contributed by atoms with Gasteiger partial charge in [-0.05, 0) is 27.3 Å². The maximum absolute atomic E-state index is 11.9. The lowest BCUT2D eigenvalue weighted by Gasteiger charge is -2.24. The van der Waals surface area contributed by atoms with Gasteiger partial charge in [-0.2, -0.15) is 0 Å². The van der Waals surface area contributed by atoms with E-state index in [0.717, 1.165) is 6.42 Å². The molecule has 1 heterocycles. The molecule has 1 saturated heterocycles. The third-order valence-electron chi connectivity index (χ3n) is 3.36. The minimum absolute atomic E-state index is 0.0138. The van der Waals surface area contributed by atoms with E-state index >= 15 is 0 Å². The lowest BCUT2D eigenvalue weighted by molar-refractivity contribution is -0.133. The molecule has 0 bridgehead atoms. The summed E-state index contributed by atoms with van der Waals surface area (Å²) in [5.41, 5.74) is -0.433. The van der Waals surface area contributed by atoms with Crippen molar-refractivity contribution in [3.8, 4) is 0 Å². The molecule has 1 aliphatic heterocycles. The first-order valence-electron chi connectivity index (χ1n) is 5.63. The van der Waals surface area contributed by atoms with E-state index in [2.05, 4.69) is 10.6 Å². The van der Waals surface area contributed by atoms with Crippen LogP contribution >= 0.6 is 0 Å². The van der Waals surface area contributed by atoms with E-state index in [4.69, 9.17) is 0 Å². The summed E-state index contributed by atoms with van der Waals surface area (Å²) in [6.45, 7) is 4.91. The average molecular weight is 227 g/mol. The molecule has 1 aliphatic rings. The maximum atomic E-state index is 11.9. The molecule has 1 rings (SSSR count). The van der Waals surface area contributed by atoms with Crippen LogP contribution in [0.1, 0.15) is 20.3 Å². The molecule has 2 amide bonds. The number of hydrogen-bond donors (Lipinski definition) is 2. The van der Waals surface area contributed by atoms with Crippen LogP contribution in [-0.2, 0) is 9.59 Å². The Bertz CT molecular complexity index is 293. The predicted octanol–water partition coefficient (Wildman–Crippen LogP) is -0.421. The third kappa shape index (κ3) is 2.35. The minimum Gasteiger partial charge on any atom is -0.359 e. The van der Waals surface area contributed by atoms with Crippen LogP contribution in [0.4, 0.5) is 0 Å². The Labute approximate surface area is 96.6 Å². The van der Waals surface area contributed by atoms with Gasteiger partial charge in [-0.3, -0.25) is 9.59 Å². The Balaban J connectivity index is 2.65.